The Hall–Kier alpha value is -2.08. The molecule has 0 bridgehead atoms. The summed E-state index contributed by atoms with van der Waals surface area (Å²) in [6, 6.07) is 8.71. The number of carbonyl (C=O) groups is 1. The molecule has 3 nitrogen and oxygen atoms in total. The van der Waals surface area contributed by atoms with Gasteiger partial charge in [-0.25, -0.2) is 0 Å². The van der Waals surface area contributed by atoms with E-state index in [1.54, 1.807) is 37.3 Å². The van der Waals surface area contributed by atoms with Crippen molar-refractivity contribution < 1.29 is 4.79 Å². The van der Waals surface area contributed by atoms with Gasteiger partial charge in [0.25, 0.3) is 0 Å². The molecule has 1 aromatic rings. The number of nitrogens with one attached hydrogen (secondary N) is 1. The SMILES string of the molecule is C/C=C\C(=O)Nc1ccc(C#N)cc1. The maximum absolute atomic E-state index is 11.1. The minimum atomic E-state index is -0.169. The normalized spacial score (nSPS) is 9.71. The number of hydrogen-bond donors (Lipinski definition) is 1. The van der Waals surface area contributed by atoms with Crippen LogP contribution in [0.5, 0.6) is 0 Å². The van der Waals surface area contributed by atoms with Crippen LogP contribution in [-0.4, -0.2) is 5.91 Å². The molecule has 1 aromatic carbocycles. The molecule has 0 heterocycles. The average molecular weight is 186 g/mol. The first-order chi connectivity index (χ1) is 6.76. The standard InChI is InChI=1S/C11H10N2O/c1-2-3-11(14)13-10-6-4-9(8-12)5-7-10/h2-7H,1H3,(H,13,14)/b3-2-. The lowest BCUT2D eigenvalue weighted by Gasteiger charge is -2.00. The lowest BCUT2D eigenvalue weighted by Crippen LogP contribution is -2.07. The van der Waals surface area contributed by atoms with Gasteiger partial charge in [0.05, 0.1) is 11.6 Å². The quantitative estimate of drug-likeness (QED) is 0.719. The summed E-state index contributed by atoms with van der Waals surface area (Å²) in [4.78, 5) is 11.1. The fourth-order valence-corrected chi connectivity index (χ4v) is 0.963. The number of hydrogen-bond acceptors (Lipinski definition) is 2. The average Bonchev–Trinajstić information content (AvgIpc) is 2.19. The molecule has 0 spiro atoms. The highest BCUT2D eigenvalue weighted by atomic mass is 16.1. The van der Waals surface area contributed by atoms with Gasteiger partial charge in [-0.2, -0.15) is 5.26 Å². The summed E-state index contributed by atoms with van der Waals surface area (Å²) in [5, 5.41) is 11.2. The smallest absolute Gasteiger partial charge is 0.248 e. The first kappa shape index (κ1) is 10.0. The Morgan fingerprint density at radius 2 is 2.07 bits per heavy atom. The van der Waals surface area contributed by atoms with Crippen molar-refractivity contribution in [3.05, 3.63) is 42.0 Å². The van der Waals surface area contributed by atoms with E-state index in [1.165, 1.54) is 6.08 Å². The van der Waals surface area contributed by atoms with Gasteiger partial charge in [0.1, 0.15) is 0 Å². The Morgan fingerprint density at radius 3 is 2.57 bits per heavy atom. The zero-order valence-corrected chi connectivity index (χ0v) is 7.82. The van der Waals surface area contributed by atoms with Gasteiger partial charge < -0.3 is 5.32 Å². The summed E-state index contributed by atoms with van der Waals surface area (Å²) in [7, 11) is 0. The fraction of sp³-hybridized carbons (Fsp3) is 0.0909. The fourth-order valence-electron chi connectivity index (χ4n) is 0.963. The number of nitriles is 1. The van der Waals surface area contributed by atoms with E-state index in [0.29, 0.717) is 11.3 Å². The molecule has 70 valence electrons. The van der Waals surface area contributed by atoms with Crippen LogP contribution in [0.3, 0.4) is 0 Å². The number of anilines is 1. The third-order valence-electron chi connectivity index (χ3n) is 1.60. The van der Waals surface area contributed by atoms with Crippen molar-refractivity contribution in [3.8, 4) is 6.07 Å². The van der Waals surface area contributed by atoms with Crippen molar-refractivity contribution in [2.75, 3.05) is 5.32 Å². The Labute approximate surface area is 82.7 Å². The summed E-state index contributed by atoms with van der Waals surface area (Å²) in [5.74, 6) is -0.169. The molecule has 14 heavy (non-hydrogen) atoms. The molecule has 0 aromatic heterocycles. The molecule has 0 atom stereocenters. The van der Waals surface area contributed by atoms with Crippen LogP contribution in [0.2, 0.25) is 0 Å². The molecule has 0 radical (unpaired) electrons. The van der Waals surface area contributed by atoms with Gasteiger partial charge in [0.15, 0.2) is 0 Å². The molecule has 0 aliphatic carbocycles. The lowest BCUT2D eigenvalue weighted by molar-refractivity contribution is -0.111. The van der Waals surface area contributed by atoms with Crippen LogP contribution in [0.1, 0.15) is 12.5 Å². The highest BCUT2D eigenvalue weighted by Gasteiger charge is 1.96. The zero-order chi connectivity index (χ0) is 10.4. The summed E-state index contributed by atoms with van der Waals surface area (Å²) in [6.07, 6.45) is 3.11. The number of benzene rings is 1. The predicted octanol–water partition coefficient (Wildman–Crippen LogP) is 2.07. The second-order valence-electron chi connectivity index (χ2n) is 2.68. The van der Waals surface area contributed by atoms with Crippen molar-refractivity contribution in [1.82, 2.24) is 0 Å². The molecule has 0 saturated carbocycles. The third kappa shape index (κ3) is 2.76. The van der Waals surface area contributed by atoms with Crippen molar-refractivity contribution in [3.63, 3.8) is 0 Å². The Balaban J connectivity index is 2.70. The Morgan fingerprint density at radius 1 is 1.43 bits per heavy atom. The van der Waals surface area contributed by atoms with Crippen LogP contribution in [0, 0.1) is 11.3 Å². The first-order valence-corrected chi connectivity index (χ1v) is 4.20. The minimum Gasteiger partial charge on any atom is -0.323 e. The maximum Gasteiger partial charge on any atom is 0.248 e. The number of allylic oxidation sites excluding steroid dienone is 1. The summed E-state index contributed by atoms with van der Waals surface area (Å²) >= 11 is 0. The number of amides is 1. The molecule has 1 rings (SSSR count). The van der Waals surface area contributed by atoms with Gasteiger partial charge in [-0.15, -0.1) is 0 Å². The largest absolute Gasteiger partial charge is 0.323 e. The molecular formula is C11H10N2O. The van der Waals surface area contributed by atoms with E-state index in [9.17, 15) is 4.79 Å². The summed E-state index contributed by atoms with van der Waals surface area (Å²) in [5.41, 5.74) is 1.26. The Kier molecular flexibility index (Phi) is 3.45. The van der Waals surface area contributed by atoms with Gasteiger partial charge in [-0.3, -0.25) is 4.79 Å². The van der Waals surface area contributed by atoms with E-state index in [-0.39, 0.29) is 5.91 Å². The molecule has 0 fully saturated rings. The van der Waals surface area contributed by atoms with Crippen LogP contribution < -0.4 is 5.32 Å². The summed E-state index contributed by atoms with van der Waals surface area (Å²) < 4.78 is 0. The van der Waals surface area contributed by atoms with Crippen molar-refractivity contribution in [1.29, 1.82) is 5.26 Å². The monoisotopic (exact) mass is 186 g/mol. The highest BCUT2D eigenvalue weighted by molar-refractivity contribution is 5.99. The van der Waals surface area contributed by atoms with Crippen LogP contribution in [0.4, 0.5) is 5.69 Å². The van der Waals surface area contributed by atoms with E-state index in [0.717, 1.165) is 0 Å². The van der Waals surface area contributed by atoms with Gasteiger partial charge in [-0.1, -0.05) is 6.08 Å². The topological polar surface area (TPSA) is 52.9 Å². The van der Waals surface area contributed by atoms with Crippen LogP contribution in [0.15, 0.2) is 36.4 Å². The first-order valence-electron chi connectivity index (χ1n) is 4.20. The van der Waals surface area contributed by atoms with E-state index in [2.05, 4.69) is 5.32 Å². The zero-order valence-electron chi connectivity index (χ0n) is 7.82. The molecular weight excluding hydrogens is 176 g/mol. The molecule has 0 aliphatic rings. The van der Waals surface area contributed by atoms with Crippen LogP contribution in [0.25, 0.3) is 0 Å². The molecule has 1 amide bonds. The van der Waals surface area contributed by atoms with Gasteiger partial charge in [0, 0.05) is 5.69 Å². The number of rotatable bonds is 2. The molecule has 3 heteroatoms. The van der Waals surface area contributed by atoms with Crippen molar-refractivity contribution >= 4 is 11.6 Å². The van der Waals surface area contributed by atoms with Gasteiger partial charge in [0.2, 0.25) is 5.91 Å². The molecule has 1 N–H and O–H groups in total. The minimum absolute atomic E-state index is 0.169. The van der Waals surface area contributed by atoms with Crippen LogP contribution >= 0.6 is 0 Å². The second kappa shape index (κ2) is 4.83. The number of carbonyl (C=O) groups excluding carboxylic acids is 1. The third-order valence-corrected chi connectivity index (χ3v) is 1.60. The second-order valence-corrected chi connectivity index (χ2v) is 2.68. The molecule has 0 aliphatic heterocycles. The highest BCUT2D eigenvalue weighted by Crippen LogP contribution is 2.08. The maximum atomic E-state index is 11.1. The van der Waals surface area contributed by atoms with Gasteiger partial charge >= 0.3 is 0 Å². The van der Waals surface area contributed by atoms with Crippen molar-refractivity contribution in [2.24, 2.45) is 0 Å². The molecule has 0 unspecified atom stereocenters. The number of nitrogens with zero attached hydrogens (tertiary/aromatic N) is 1. The Bertz CT molecular complexity index is 385. The van der Waals surface area contributed by atoms with E-state index in [4.69, 9.17) is 5.26 Å². The summed E-state index contributed by atoms with van der Waals surface area (Å²) in [6.45, 7) is 1.78. The lowest BCUT2D eigenvalue weighted by atomic mass is 10.2. The van der Waals surface area contributed by atoms with Crippen molar-refractivity contribution in [2.45, 2.75) is 6.92 Å². The molecule has 0 saturated heterocycles. The van der Waals surface area contributed by atoms with Crippen LogP contribution in [-0.2, 0) is 4.79 Å². The van der Waals surface area contributed by atoms with E-state index >= 15 is 0 Å². The van der Waals surface area contributed by atoms with E-state index < -0.39 is 0 Å². The van der Waals surface area contributed by atoms with E-state index in [1.807, 2.05) is 6.07 Å². The predicted molar refractivity (Wildman–Crippen MR) is 54.6 cm³/mol. The van der Waals surface area contributed by atoms with Gasteiger partial charge in [-0.05, 0) is 37.3 Å².